The Morgan fingerprint density at radius 3 is 2.57 bits per heavy atom. The van der Waals surface area contributed by atoms with Crippen LogP contribution in [-0.2, 0) is 17.8 Å². The van der Waals surface area contributed by atoms with Crippen molar-refractivity contribution < 1.29 is 4.79 Å². The summed E-state index contributed by atoms with van der Waals surface area (Å²) in [6.07, 6.45) is 3.26. The molecule has 0 saturated carbocycles. The highest BCUT2D eigenvalue weighted by molar-refractivity contribution is 9.10. The van der Waals surface area contributed by atoms with Gasteiger partial charge in [-0.2, -0.15) is 0 Å². The van der Waals surface area contributed by atoms with Gasteiger partial charge in [0.25, 0.3) is 0 Å². The Balaban J connectivity index is 2.00. The van der Waals surface area contributed by atoms with Crippen molar-refractivity contribution in [3.05, 3.63) is 69.3 Å². The number of fused-ring (bicyclic) bond motifs is 1. The van der Waals surface area contributed by atoms with Crippen molar-refractivity contribution in [3.8, 4) is 0 Å². The molecule has 0 aliphatic heterocycles. The van der Waals surface area contributed by atoms with Gasteiger partial charge in [-0.25, -0.2) is 0 Å². The molecule has 118 valence electrons. The van der Waals surface area contributed by atoms with E-state index >= 15 is 0 Å². The molecule has 23 heavy (non-hydrogen) atoms. The van der Waals surface area contributed by atoms with Crippen LogP contribution in [0.2, 0.25) is 5.02 Å². The van der Waals surface area contributed by atoms with E-state index in [9.17, 15) is 4.79 Å². The average molecular weight is 391 g/mol. The van der Waals surface area contributed by atoms with Crippen molar-refractivity contribution in [2.24, 2.45) is 0 Å². The predicted octanol–water partition coefficient (Wildman–Crippen LogP) is 5.63. The summed E-state index contributed by atoms with van der Waals surface area (Å²) >= 11 is 9.74. The molecule has 0 atom stereocenters. The van der Waals surface area contributed by atoms with Crippen LogP contribution in [0, 0.1) is 0 Å². The lowest BCUT2D eigenvalue weighted by atomic mass is 10.0. The molecule has 0 radical (unpaired) electrons. The SMILES string of the molecule is O=CCCCn1c(Br)c(Cc2ccc(Cl)cc2)c2ccccc21. The van der Waals surface area contributed by atoms with Gasteiger partial charge in [0.1, 0.15) is 6.29 Å². The van der Waals surface area contributed by atoms with Crippen LogP contribution in [0.4, 0.5) is 0 Å². The normalized spacial score (nSPS) is 11.0. The molecule has 0 fully saturated rings. The summed E-state index contributed by atoms with van der Waals surface area (Å²) in [7, 11) is 0. The molecule has 4 heteroatoms. The Labute approximate surface area is 149 Å². The molecule has 0 amide bonds. The average Bonchev–Trinajstić information content (AvgIpc) is 2.83. The third-order valence-corrected chi connectivity index (χ3v) is 5.16. The van der Waals surface area contributed by atoms with Gasteiger partial charge in [-0.05, 0) is 51.7 Å². The largest absolute Gasteiger partial charge is 0.335 e. The number of rotatable bonds is 6. The molecule has 1 heterocycles. The molecule has 3 rings (SSSR count). The van der Waals surface area contributed by atoms with Crippen LogP contribution < -0.4 is 0 Å². The number of carbonyl (C=O) groups is 1. The van der Waals surface area contributed by atoms with Crippen LogP contribution in [0.1, 0.15) is 24.0 Å². The number of halogens is 2. The van der Waals surface area contributed by atoms with E-state index in [0.29, 0.717) is 6.42 Å². The molecule has 0 N–H and O–H groups in total. The van der Waals surface area contributed by atoms with Crippen LogP contribution in [0.3, 0.4) is 0 Å². The molecule has 0 aliphatic rings. The van der Waals surface area contributed by atoms with Gasteiger partial charge in [-0.3, -0.25) is 0 Å². The Morgan fingerprint density at radius 2 is 1.83 bits per heavy atom. The summed E-state index contributed by atoms with van der Waals surface area (Å²) < 4.78 is 3.35. The standard InChI is InChI=1S/C19H17BrClNO/c20-19-17(13-14-7-9-15(21)10-8-14)16-5-1-2-6-18(16)22(19)11-3-4-12-23/h1-2,5-10,12H,3-4,11,13H2. The van der Waals surface area contributed by atoms with E-state index in [4.69, 9.17) is 11.6 Å². The van der Waals surface area contributed by atoms with Crippen molar-refractivity contribution in [1.29, 1.82) is 0 Å². The van der Waals surface area contributed by atoms with E-state index in [0.717, 1.165) is 35.3 Å². The second kappa shape index (κ2) is 7.33. The highest BCUT2D eigenvalue weighted by Gasteiger charge is 2.15. The van der Waals surface area contributed by atoms with E-state index in [1.807, 2.05) is 12.1 Å². The zero-order chi connectivity index (χ0) is 16.2. The van der Waals surface area contributed by atoms with Gasteiger partial charge in [0, 0.05) is 35.3 Å². The van der Waals surface area contributed by atoms with Gasteiger partial charge < -0.3 is 9.36 Å². The van der Waals surface area contributed by atoms with E-state index in [1.165, 1.54) is 22.0 Å². The highest BCUT2D eigenvalue weighted by atomic mass is 79.9. The van der Waals surface area contributed by atoms with Crippen LogP contribution in [0.5, 0.6) is 0 Å². The molecule has 2 aromatic carbocycles. The van der Waals surface area contributed by atoms with Crippen molar-refractivity contribution in [3.63, 3.8) is 0 Å². The smallest absolute Gasteiger partial charge is 0.120 e. The van der Waals surface area contributed by atoms with E-state index in [-0.39, 0.29) is 0 Å². The summed E-state index contributed by atoms with van der Waals surface area (Å²) in [5, 5.41) is 2.00. The quantitative estimate of drug-likeness (QED) is 0.395. The summed E-state index contributed by atoms with van der Waals surface area (Å²) in [5.74, 6) is 0. The van der Waals surface area contributed by atoms with Gasteiger partial charge in [0.05, 0.1) is 4.60 Å². The lowest BCUT2D eigenvalue weighted by Crippen LogP contribution is -1.99. The Kier molecular flexibility index (Phi) is 5.19. The number of aryl methyl sites for hydroxylation is 1. The number of hydrogen-bond acceptors (Lipinski definition) is 1. The first-order valence-electron chi connectivity index (χ1n) is 7.64. The number of carbonyl (C=O) groups excluding carboxylic acids is 1. The van der Waals surface area contributed by atoms with E-state index < -0.39 is 0 Å². The maximum Gasteiger partial charge on any atom is 0.120 e. The highest BCUT2D eigenvalue weighted by Crippen LogP contribution is 2.32. The molecule has 2 nitrogen and oxygen atoms in total. The zero-order valence-electron chi connectivity index (χ0n) is 12.6. The maximum atomic E-state index is 10.6. The fourth-order valence-electron chi connectivity index (χ4n) is 2.87. The lowest BCUT2D eigenvalue weighted by molar-refractivity contribution is -0.107. The molecule has 0 bridgehead atoms. The monoisotopic (exact) mass is 389 g/mol. The lowest BCUT2D eigenvalue weighted by Gasteiger charge is -2.06. The number of benzene rings is 2. The number of nitrogens with zero attached hydrogens (tertiary/aromatic N) is 1. The van der Waals surface area contributed by atoms with Crippen molar-refractivity contribution in [1.82, 2.24) is 4.57 Å². The zero-order valence-corrected chi connectivity index (χ0v) is 15.0. The van der Waals surface area contributed by atoms with Gasteiger partial charge in [0.15, 0.2) is 0 Å². The van der Waals surface area contributed by atoms with Crippen LogP contribution in [-0.4, -0.2) is 10.9 Å². The van der Waals surface area contributed by atoms with Crippen molar-refractivity contribution in [2.75, 3.05) is 0 Å². The van der Waals surface area contributed by atoms with E-state index in [2.05, 4.69) is 56.9 Å². The Hall–Kier alpha value is -1.58. The van der Waals surface area contributed by atoms with Crippen molar-refractivity contribution >= 4 is 44.7 Å². The van der Waals surface area contributed by atoms with Gasteiger partial charge >= 0.3 is 0 Å². The minimum absolute atomic E-state index is 0.589. The third kappa shape index (κ3) is 3.51. The Morgan fingerprint density at radius 1 is 1.09 bits per heavy atom. The molecule has 3 aromatic rings. The molecule has 0 unspecified atom stereocenters. The summed E-state index contributed by atoms with van der Waals surface area (Å²) in [6, 6.07) is 16.4. The summed E-state index contributed by atoms with van der Waals surface area (Å²) in [5.41, 5.74) is 3.70. The fourth-order valence-corrected chi connectivity index (χ4v) is 3.72. The second-order valence-electron chi connectivity index (χ2n) is 5.55. The minimum atomic E-state index is 0.589. The molecular weight excluding hydrogens is 374 g/mol. The predicted molar refractivity (Wildman–Crippen MR) is 99.2 cm³/mol. The first kappa shape index (κ1) is 16.3. The van der Waals surface area contributed by atoms with Gasteiger partial charge in [0.2, 0.25) is 0 Å². The minimum Gasteiger partial charge on any atom is -0.335 e. The summed E-state index contributed by atoms with van der Waals surface area (Å²) in [4.78, 5) is 10.6. The Bertz CT molecular complexity index is 823. The van der Waals surface area contributed by atoms with Gasteiger partial charge in [-0.15, -0.1) is 0 Å². The number of hydrogen-bond donors (Lipinski definition) is 0. The van der Waals surface area contributed by atoms with Gasteiger partial charge in [-0.1, -0.05) is 41.9 Å². The number of aldehydes is 1. The third-order valence-electron chi connectivity index (χ3n) is 4.00. The van der Waals surface area contributed by atoms with Crippen molar-refractivity contribution in [2.45, 2.75) is 25.8 Å². The van der Waals surface area contributed by atoms with Crippen LogP contribution >= 0.6 is 27.5 Å². The number of aromatic nitrogens is 1. The maximum absolute atomic E-state index is 10.6. The first-order valence-corrected chi connectivity index (χ1v) is 8.81. The molecular formula is C19H17BrClNO. The second-order valence-corrected chi connectivity index (χ2v) is 6.74. The topological polar surface area (TPSA) is 22.0 Å². The van der Waals surface area contributed by atoms with E-state index in [1.54, 1.807) is 0 Å². The first-order chi connectivity index (χ1) is 11.2. The molecule has 0 spiro atoms. The fraction of sp³-hybridized carbons (Fsp3) is 0.211. The number of para-hydroxylation sites is 1. The number of unbranched alkanes of at least 4 members (excludes halogenated alkanes) is 1. The van der Waals surface area contributed by atoms with Crippen LogP contribution in [0.25, 0.3) is 10.9 Å². The molecule has 0 aliphatic carbocycles. The molecule has 1 aromatic heterocycles. The molecule has 0 saturated heterocycles. The van der Waals surface area contributed by atoms with Crippen LogP contribution in [0.15, 0.2) is 53.1 Å². The summed E-state index contributed by atoms with van der Waals surface area (Å²) in [6.45, 7) is 0.834.